The molecule has 1 atom stereocenters. The summed E-state index contributed by atoms with van der Waals surface area (Å²) in [5.41, 5.74) is 1.96. The molecular weight excluding hydrogens is 368 g/mol. The summed E-state index contributed by atoms with van der Waals surface area (Å²) in [7, 11) is 0. The Labute approximate surface area is 170 Å². The quantitative estimate of drug-likeness (QED) is 0.795. The molecule has 1 aromatic heterocycles. The lowest BCUT2D eigenvalue weighted by atomic mass is 10.0. The number of morpholine rings is 1. The highest BCUT2D eigenvalue weighted by molar-refractivity contribution is 6.00. The summed E-state index contributed by atoms with van der Waals surface area (Å²) in [6, 6.07) is 9.38. The largest absolute Gasteiger partial charge is 0.377 e. The predicted molar refractivity (Wildman–Crippen MR) is 108 cm³/mol. The van der Waals surface area contributed by atoms with Gasteiger partial charge in [-0.15, -0.1) is 0 Å². The van der Waals surface area contributed by atoms with Crippen LogP contribution in [-0.4, -0.2) is 70.5 Å². The Morgan fingerprint density at radius 2 is 1.90 bits per heavy atom. The van der Waals surface area contributed by atoms with Crippen molar-refractivity contribution in [3.8, 4) is 11.3 Å². The summed E-state index contributed by atoms with van der Waals surface area (Å²) in [5, 5.41) is 0. The molecule has 0 N–H and O–H groups in total. The van der Waals surface area contributed by atoms with E-state index in [1.54, 1.807) is 11.1 Å². The minimum atomic E-state index is -0.269. The molecule has 7 nitrogen and oxygen atoms in total. The second kappa shape index (κ2) is 8.69. The van der Waals surface area contributed by atoms with Crippen molar-refractivity contribution in [2.75, 3.05) is 32.8 Å². The first-order valence-electron chi connectivity index (χ1n) is 10.2. The summed E-state index contributed by atoms with van der Waals surface area (Å²) in [4.78, 5) is 38.6. The number of carbonyl (C=O) groups excluding carboxylic acids is 2. The van der Waals surface area contributed by atoms with E-state index in [2.05, 4.69) is 9.97 Å². The normalized spacial score (nSPS) is 19.4. The van der Waals surface area contributed by atoms with Crippen LogP contribution in [0.1, 0.15) is 35.4 Å². The molecule has 3 heterocycles. The van der Waals surface area contributed by atoms with Gasteiger partial charge in [-0.3, -0.25) is 9.59 Å². The standard InChI is InChI=1S/C22H26N4O3/c1-16-23-14-19(21(24-16)17-7-3-2-4-8-17)22(28)26-11-12-29-15-18(26)13-20(27)25-9-5-6-10-25/h2-4,7-8,14,18H,5-6,9-13,15H2,1H3/t18-/m1/s1. The van der Waals surface area contributed by atoms with Gasteiger partial charge in [0, 0.05) is 37.8 Å². The predicted octanol–water partition coefficient (Wildman–Crippen LogP) is 2.31. The first-order chi connectivity index (χ1) is 14.1. The lowest BCUT2D eigenvalue weighted by Crippen LogP contribution is -2.50. The molecule has 2 aliphatic rings. The second-order valence-corrected chi connectivity index (χ2v) is 7.56. The number of rotatable bonds is 4. The second-order valence-electron chi connectivity index (χ2n) is 7.56. The van der Waals surface area contributed by atoms with Crippen molar-refractivity contribution in [2.24, 2.45) is 0 Å². The summed E-state index contributed by atoms with van der Waals surface area (Å²) >= 11 is 0. The van der Waals surface area contributed by atoms with Crippen LogP contribution in [-0.2, 0) is 9.53 Å². The van der Waals surface area contributed by atoms with Crippen LogP contribution in [0.3, 0.4) is 0 Å². The maximum atomic E-state index is 13.5. The number of carbonyl (C=O) groups is 2. The molecule has 0 aliphatic carbocycles. The van der Waals surface area contributed by atoms with E-state index >= 15 is 0 Å². The molecular formula is C22H26N4O3. The zero-order chi connectivity index (χ0) is 20.2. The number of ether oxygens (including phenoxy) is 1. The van der Waals surface area contributed by atoms with Gasteiger partial charge in [0.25, 0.3) is 5.91 Å². The molecule has 29 heavy (non-hydrogen) atoms. The van der Waals surface area contributed by atoms with Crippen molar-refractivity contribution in [2.45, 2.75) is 32.2 Å². The van der Waals surface area contributed by atoms with Crippen molar-refractivity contribution in [1.29, 1.82) is 0 Å². The van der Waals surface area contributed by atoms with E-state index in [0.717, 1.165) is 31.5 Å². The van der Waals surface area contributed by atoms with Gasteiger partial charge < -0.3 is 14.5 Å². The van der Waals surface area contributed by atoms with Gasteiger partial charge in [0.15, 0.2) is 0 Å². The average molecular weight is 394 g/mol. The molecule has 2 saturated heterocycles. The maximum Gasteiger partial charge on any atom is 0.258 e. The number of hydrogen-bond acceptors (Lipinski definition) is 5. The molecule has 0 bridgehead atoms. The van der Waals surface area contributed by atoms with Gasteiger partial charge in [-0.25, -0.2) is 9.97 Å². The molecule has 0 unspecified atom stereocenters. The molecule has 0 radical (unpaired) electrons. The summed E-state index contributed by atoms with van der Waals surface area (Å²) < 4.78 is 5.60. The van der Waals surface area contributed by atoms with E-state index in [4.69, 9.17) is 4.74 Å². The molecule has 0 spiro atoms. The van der Waals surface area contributed by atoms with Gasteiger partial charge in [-0.2, -0.15) is 0 Å². The molecule has 1 aromatic carbocycles. The fraction of sp³-hybridized carbons (Fsp3) is 0.455. The molecule has 152 valence electrons. The summed E-state index contributed by atoms with van der Waals surface area (Å²) in [5.74, 6) is 0.564. The topological polar surface area (TPSA) is 75.6 Å². The third kappa shape index (κ3) is 4.29. The molecule has 4 rings (SSSR count). The lowest BCUT2D eigenvalue weighted by molar-refractivity contribution is -0.132. The van der Waals surface area contributed by atoms with E-state index < -0.39 is 0 Å². The minimum Gasteiger partial charge on any atom is -0.377 e. The Bertz CT molecular complexity index is 881. The van der Waals surface area contributed by atoms with Gasteiger partial charge in [0.2, 0.25) is 5.91 Å². The van der Waals surface area contributed by atoms with Gasteiger partial charge in [-0.05, 0) is 19.8 Å². The minimum absolute atomic E-state index is 0.0965. The molecule has 2 aromatic rings. The molecule has 2 fully saturated rings. The monoisotopic (exact) mass is 394 g/mol. The number of aromatic nitrogens is 2. The van der Waals surface area contributed by atoms with Crippen LogP contribution in [0.2, 0.25) is 0 Å². The van der Waals surface area contributed by atoms with Crippen molar-refractivity contribution in [3.63, 3.8) is 0 Å². The van der Waals surface area contributed by atoms with Gasteiger partial charge in [0.1, 0.15) is 5.82 Å². The van der Waals surface area contributed by atoms with Crippen molar-refractivity contribution in [1.82, 2.24) is 19.8 Å². The van der Waals surface area contributed by atoms with Crippen LogP contribution in [0, 0.1) is 6.92 Å². The molecule has 2 aliphatic heterocycles. The Hall–Kier alpha value is -2.80. The number of hydrogen-bond donors (Lipinski definition) is 0. The zero-order valence-corrected chi connectivity index (χ0v) is 16.7. The van der Waals surface area contributed by atoms with E-state index in [1.165, 1.54) is 0 Å². The van der Waals surface area contributed by atoms with E-state index in [-0.39, 0.29) is 17.9 Å². The number of benzene rings is 1. The molecule has 7 heteroatoms. The average Bonchev–Trinajstić information content (AvgIpc) is 3.29. The number of likely N-dealkylation sites (tertiary alicyclic amines) is 1. The SMILES string of the molecule is Cc1ncc(C(=O)N2CCOC[C@H]2CC(=O)N2CCCC2)c(-c2ccccc2)n1. The Balaban J connectivity index is 1.59. The summed E-state index contributed by atoms with van der Waals surface area (Å²) in [6.45, 7) is 4.73. The first-order valence-corrected chi connectivity index (χ1v) is 10.2. The van der Waals surface area contributed by atoms with Gasteiger partial charge >= 0.3 is 0 Å². The molecule has 0 saturated carbocycles. The van der Waals surface area contributed by atoms with Crippen LogP contribution in [0.25, 0.3) is 11.3 Å². The number of aryl methyl sites for hydroxylation is 1. The first kappa shape index (κ1) is 19.5. The highest BCUT2D eigenvalue weighted by Gasteiger charge is 2.33. The fourth-order valence-corrected chi connectivity index (χ4v) is 3.99. The van der Waals surface area contributed by atoms with Crippen LogP contribution in [0.5, 0.6) is 0 Å². The maximum absolute atomic E-state index is 13.5. The Kier molecular flexibility index (Phi) is 5.85. The van der Waals surface area contributed by atoms with E-state index in [0.29, 0.717) is 43.3 Å². The summed E-state index contributed by atoms with van der Waals surface area (Å²) in [6.07, 6.45) is 3.99. The highest BCUT2D eigenvalue weighted by Crippen LogP contribution is 2.25. The third-order valence-electron chi connectivity index (χ3n) is 5.54. The van der Waals surface area contributed by atoms with E-state index in [1.807, 2.05) is 42.2 Å². The fourth-order valence-electron chi connectivity index (χ4n) is 3.99. The van der Waals surface area contributed by atoms with Gasteiger partial charge in [0.05, 0.1) is 30.5 Å². The van der Waals surface area contributed by atoms with Crippen molar-refractivity contribution < 1.29 is 14.3 Å². The van der Waals surface area contributed by atoms with Crippen LogP contribution in [0.15, 0.2) is 36.5 Å². The van der Waals surface area contributed by atoms with E-state index in [9.17, 15) is 9.59 Å². The van der Waals surface area contributed by atoms with Crippen LogP contribution in [0.4, 0.5) is 0 Å². The van der Waals surface area contributed by atoms with Crippen LogP contribution < -0.4 is 0 Å². The third-order valence-corrected chi connectivity index (χ3v) is 5.54. The van der Waals surface area contributed by atoms with Crippen molar-refractivity contribution >= 4 is 11.8 Å². The number of nitrogens with zero attached hydrogens (tertiary/aromatic N) is 4. The Morgan fingerprint density at radius 1 is 1.14 bits per heavy atom. The van der Waals surface area contributed by atoms with Gasteiger partial charge in [-0.1, -0.05) is 30.3 Å². The highest BCUT2D eigenvalue weighted by atomic mass is 16.5. The lowest BCUT2D eigenvalue weighted by Gasteiger charge is -2.36. The van der Waals surface area contributed by atoms with Crippen molar-refractivity contribution in [3.05, 3.63) is 47.9 Å². The smallest absolute Gasteiger partial charge is 0.258 e. The molecule has 2 amide bonds. The zero-order valence-electron chi connectivity index (χ0n) is 16.7. The van der Waals surface area contributed by atoms with Crippen LogP contribution >= 0.6 is 0 Å². The Morgan fingerprint density at radius 3 is 2.66 bits per heavy atom. The number of amides is 2.